The summed E-state index contributed by atoms with van der Waals surface area (Å²) in [5.74, 6) is 3.42. The van der Waals surface area contributed by atoms with Crippen molar-refractivity contribution in [3.63, 3.8) is 0 Å². The van der Waals surface area contributed by atoms with Crippen LogP contribution in [0.4, 0.5) is 0 Å². The molecule has 4 atom stereocenters. The van der Waals surface area contributed by atoms with E-state index in [4.69, 9.17) is 0 Å². The minimum atomic E-state index is 0.367. The maximum atomic E-state index is 9.80. The highest BCUT2D eigenvalue weighted by molar-refractivity contribution is 4.74. The summed E-state index contributed by atoms with van der Waals surface area (Å²) in [5, 5.41) is 9.80. The van der Waals surface area contributed by atoms with Crippen molar-refractivity contribution in [2.24, 2.45) is 29.6 Å². The third-order valence-corrected chi connectivity index (χ3v) is 5.19. The first kappa shape index (κ1) is 21.0. The topological polar surface area (TPSA) is 20.2 Å². The van der Waals surface area contributed by atoms with Crippen molar-refractivity contribution in [2.75, 3.05) is 6.61 Å². The molecule has 1 heteroatoms. The molecule has 4 unspecified atom stereocenters. The van der Waals surface area contributed by atoms with Gasteiger partial charge in [-0.1, -0.05) is 86.5 Å². The maximum absolute atomic E-state index is 9.80. The molecular formula is C20H42O. The zero-order chi connectivity index (χ0) is 16.3. The van der Waals surface area contributed by atoms with Gasteiger partial charge in [0.1, 0.15) is 0 Å². The summed E-state index contributed by atoms with van der Waals surface area (Å²) in [6.07, 6.45) is 10.6. The Kier molecular flexibility index (Phi) is 12.5. The van der Waals surface area contributed by atoms with Crippen LogP contribution >= 0.6 is 0 Å². The van der Waals surface area contributed by atoms with Crippen LogP contribution in [0.15, 0.2) is 0 Å². The summed E-state index contributed by atoms with van der Waals surface area (Å²) in [4.78, 5) is 0. The van der Waals surface area contributed by atoms with Crippen LogP contribution in [-0.4, -0.2) is 11.7 Å². The van der Waals surface area contributed by atoms with Crippen molar-refractivity contribution >= 4 is 0 Å². The van der Waals surface area contributed by atoms with Crippen molar-refractivity contribution in [1.82, 2.24) is 0 Å². The van der Waals surface area contributed by atoms with E-state index < -0.39 is 0 Å². The van der Waals surface area contributed by atoms with Gasteiger partial charge in [-0.25, -0.2) is 0 Å². The molecule has 0 rings (SSSR count). The summed E-state index contributed by atoms with van der Waals surface area (Å²) in [6.45, 7) is 14.3. The fraction of sp³-hybridized carbons (Fsp3) is 1.00. The maximum Gasteiger partial charge on any atom is 0.0464 e. The second-order valence-electron chi connectivity index (χ2n) is 7.96. The second-order valence-corrected chi connectivity index (χ2v) is 7.96. The van der Waals surface area contributed by atoms with E-state index in [-0.39, 0.29) is 0 Å². The molecule has 0 aromatic rings. The molecule has 0 aliphatic carbocycles. The minimum Gasteiger partial charge on any atom is -0.396 e. The molecule has 1 N–H and O–H groups in total. The third-order valence-electron chi connectivity index (χ3n) is 5.19. The van der Waals surface area contributed by atoms with Crippen molar-refractivity contribution in [3.05, 3.63) is 0 Å². The lowest BCUT2D eigenvalue weighted by Crippen LogP contribution is -2.25. The van der Waals surface area contributed by atoms with E-state index in [1.807, 2.05) is 0 Å². The van der Waals surface area contributed by atoms with Crippen molar-refractivity contribution in [3.8, 4) is 0 Å². The predicted molar refractivity (Wildman–Crippen MR) is 95.5 cm³/mol. The number of aliphatic hydroxyl groups is 1. The fourth-order valence-electron chi connectivity index (χ4n) is 3.65. The monoisotopic (exact) mass is 298 g/mol. The van der Waals surface area contributed by atoms with Crippen LogP contribution < -0.4 is 0 Å². The second kappa shape index (κ2) is 12.5. The van der Waals surface area contributed by atoms with Crippen LogP contribution in [0.5, 0.6) is 0 Å². The number of unbranched alkanes of at least 4 members (excludes halogenated alkanes) is 2. The van der Waals surface area contributed by atoms with Gasteiger partial charge in [0.25, 0.3) is 0 Å². The molecule has 0 saturated carbocycles. The molecule has 0 spiro atoms. The predicted octanol–water partition coefficient (Wildman–Crippen LogP) is 6.30. The van der Waals surface area contributed by atoms with Crippen molar-refractivity contribution < 1.29 is 5.11 Å². The Morgan fingerprint density at radius 3 is 1.95 bits per heavy atom. The molecule has 128 valence electrons. The summed E-state index contributed by atoms with van der Waals surface area (Å²) >= 11 is 0. The molecule has 0 radical (unpaired) electrons. The largest absolute Gasteiger partial charge is 0.396 e. The molecule has 0 bridgehead atoms. The molecule has 0 heterocycles. The van der Waals surface area contributed by atoms with E-state index in [0.29, 0.717) is 24.4 Å². The van der Waals surface area contributed by atoms with E-state index in [9.17, 15) is 5.11 Å². The highest BCUT2D eigenvalue weighted by atomic mass is 16.3. The van der Waals surface area contributed by atoms with Crippen LogP contribution in [0.3, 0.4) is 0 Å². The lowest BCUT2D eigenvalue weighted by molar-refractivity contribution is 0.115. The van der Waals surface area contributed by atoms with E-state index in [0.717, 1.165) is 11.8 Å². The zero-order valence-corrected chi connectivity index (χ0v) is 15.7. The Labute approximate surface area is 134 Å². The average molecular weight is 299 g/mol. The number of hydrogen-bond donors (Lipinski definition) is 1. The van der Waals surface area contributed by atoms with Gasteiger partial charge in [-0.05, 0) is 36.0 Å². The molecule has 21 heavy (non-hydrogen) atoms. The highest BCUT2D eigenvalue weighted by Crippen LogP contribution is 2.31. The van der Waals surface area contributed by atoms with Gasteiger partial charge in [-0.2, -0.15) is 0 Å². The van der Waals surface area contributed by atoms with Gasteiger partial charge in [-0.3, -0.25) is 0 Å². The SMILES string of the molecule is CCCCCC(C)CC(C)C(CO)C(C)CCCC(C)C. The molecule has 0 saturated heterocycles. The van der Waals surface area contributed by atoms with Crippen LogP contribution in [0.25, 0.3) is 0 Å². The molecule has 0 aliphatic heterocycles. The third kappa shape index (κ3) is 10.3. The molecule has 1 nitrogen and oxygen atoms in total. The molecule has 0 amide bonds. The number of rotatable bonds is 13. The number of hydrogen-bond acceptors (Lipinski definition) is 1. The lowest BCUT2D eigenvalue weighted by Gasteiger charge is -2.30. The Morgan fingerprint density at radius 2 is 1.43 bits per heavy atom. The average Bonchev–Trinajstić information content (AvgIpc) is 2.39. The first-order valence-corrected chi connectivity index (χ1v) is 9.53. The van der Waals surface area contributed by atoms with Gasteiger partial charge in [0.2, 0.25) is 0 Å². The first-order chi connectivity index (χ1) is 9.92. The Balaban J connectivity index is 4.11. The van der Waals surface area contributed by atoms with E-state index in [1.165, 1.54) is 51.4 Å². The molecule has 0 aliphatic rings. The Morgan fingerprint density at radius 1 is 0.762 bits per heavy atom. The fourth-order valence-corrected chi connectivity index (χ4v) is 3.65. The quantitative estimate of drug-likeness (QED) is 0.396. The van der Waals surface area contributed by atoms with E-state index >= 15 is 0 Å². The van der Waals surface area contributed by atoms with Gasteiger partial charge < -0.3 is 5.11 Å². The molecule has 0 fully saturated rings. The number of aliphatic hydroxyl groups excluding tert-OH is 1. The summed E-state index contributed by atoms with van der Waals surface area (Å²) < 4.78 is 0. The van der Waals surface area contributed by atoms with Crippen molar-refractivity contribution in [1.29, 1.82) is 0 Å². The van der Waals surface area contributed by atoms with Gasteiger partial charge >= 0.3 is 0 Å². The standard InChI is InChI=1S/C20H42O/c1-7-8-9-12-17(4)14-19(6)20(15-21)18(5)13-10-11-16(2)3/h16-21H,7-15H2,1-6H3. The van der Waals surface area contributed by atoms with Crippen LogP contribution in [0.1, 0.15) is 92.9 Å². The van der Waals surface area contributed by atoms with Crippen LogP contribution in [-0.2, 0) is 0 Å². The molecule has 0 aromatic carbocycles. The van der Waals surface area contributed by atoms with Gasteiger partial charge in [-0.15, -0.1) is 0 Å². The van der Waals surface area contributed by atoms with E-state index in [1.54, 1.807) is 0 Å². The van der Waals surface area contributed by atoms with Crippen molar-refractivity contribution in [2.45, 2.75) is 92.9 Å². The van der Waals surface area contributed by atoms with Crippen LogP contribution in [0, 0.1) is 29.6 Å². The summed E-state index contributed by atoms with van der Waals surface area (Å²) in [7, 11) is 0. The lowest BCUT2D eigenvalue weighted by atomic mass is 9.77. The van der Waals surface area contributed by atoms with Gasteiger partial charge in [0, 0.05) is 6.61 Å². The molecular weight excluding hydrogens is 256 g/mol. The highest BCUT2D eigenvalue weighted by Gasteiger charge is 2.24. The molecule has 0 aromatic heterocycles. The Bertz CT molecular complexity index is 224. The smallest absolute Gasteiger partial charge is 0.0464 e. The minimum absolute atomic E-state index is 0.367. The summed E-state index contributed by atoms with van der Waals surface area (Å²) in [5.41, 5.74) is 0. The zero-order valence-electron chi connectivity index (χ0n) is 15.7. The normalized spacial score (nSPS) is 17.7. The van der Waals surface area contributed by atoms with E-state index in [2.05, 4.69) is 41.5 Å². The van der Waals surface area contributed by atoms with Gasteiger partial charge in [0.05, 0.1) is 0 Å². The van der Waals surface area contributed by atoms with Gasteiger partial charge in [0.15, 0.2) is 0 Å². The first-order valence-electron chi connectivity index (χ1n) is 9.53. The summed E-state index contributed by atoms with van der Waals surface area (Å²) in [6, 6.07) is 0. The Hall–Kier alpha value is -0.0400. The van der Waals surface area contributed by atoms with Crippen LogP contribution in [0.2, 0.25) is 0 Å².